The highest BCUT2D eigenvalue weighted by Gasteiger charge is 2.16. The Labute approximate surface area is 124 Å². The Hall–Kier alpha value is -1.81. The molecule has 1 atom stereocenters. The van der Waals surface area contributed by atoms with Crippen LogP contribution in [0.3, 0.4) is 0 Å². The zero-order valence-corrected chi connectivity index (χ0v) is 12.7. The third kappa shape index (κ3) is 4.10. The van der Waals surface area contributed by atoms with Crippen molar-refractivity contribution in [2.45, 2.75) is 25.9 Å². The van der Waals surface area contributed by atoms with Crippen molar-refractivity contribution in [1.29, 1.82) is 0 Å². The average Bonchev–Trinajstić information content (AvgIpc) is 2.98. The number of nitrogens with zero attached hydrogens (tertiary/aromatic N) is 1. The minimum atomic E-state index is -0.0297. The van der Waals surface area contributed by atoms with Crippen LogP contribution in [0.1, 0.15) is 17.4 Å². The Bertz CT molecular complexity index is 525. The van der Waals surface area contributed by atoms with Gasteiger partial charge >= 0.3 is 6.03 Å². The summed E-state index contributed by atoms with van der Waals surface area (Å²) in [4.78, 5) is 15.2. The molecule has 0 saturated carbocycles. The van der Waals surface area contributed by atoms with Gasteiger partial charge in [-0.3, -0.25) is 0 Å². The molecule has 3 nitrogen and oxygen atoms in total. The van der Waals surface area contributed by atoms with E-state index in [1.165, 1.54) is 4.88 Å². The molecule has 0 saturated heterocycles. The van der Waals surface area contributed by atoms with E-state index < -0.39 is 0 Å². The van der Waals surface area contributed by atoms with Crippen LogP contribution in [0.25, 0.3) is 0 Å². The molecule has 1 aromatic carbocycles. The van der Waals surface area contributed by atoms with E-state index in [0.29, 0.717) is 6.54 Å². The smallest absolute Gasteiger partial charge is 0.317 e. The molecule has 0 radical (unpaired) electrons. The van der Waals surface area contributed by atoms with E-state index in [9.17, 15) is 4.79 Å². The molecule has 0 bridgehead atoms. The zero-order valence-electron chi connectivity index (χ0n) is 11.9. The van der Waals surface area contributed by atoms with Crippen LogP contribution in [0.4, 0.5) is 4.79 Å². The number of nitrogens with one attached hydrogen (secondary N) is 1. The Balaban J connectivity index is 1.82. The van der Waals surface area contributed by atoms with Crippen LogP contribution >= 0.6 is 11.3 Å². The Morgan fingerprint density at radius 2 is 2.00 bits per heavy atom. The maximum Gasteiger partial charge on any atom is 0.317 e. The van der Waals surface area contributed by atoms with Crippen LogP contribution < -0.4 is 5.32 Å². The summed E-state index contributed by atoms with van der Waals surface area (Å²) in [5.41, 5.74) is 1.11. The van der Waals surface area contributed by atoms with Crippen molar-refractivity contribution in [1.82, 2.24) is 10.2 Å². The van der Waals surface area contributed by atoms with Crippen molar-refractivity contribution in [3.63, 3.8) is 0 Å². The predicted octanol–water partition coefficient (Wildman–Crippen LogP) is 3.52. The molecule has 2 aromatic rings. The van der Waals surface area contributed by atoms with E-state index in [0.717, 1.165) is 12.0 Å². The fourth-order valence-corrected chi connectivity index (χ4v) is 2.78. The number of hydrogen-bond acceptors (Lipinski definition) is 2. The summed E-state index contributed by atoms with van der Waals surface area (Å²) in [6.45, 7) is 2.64. The third-order valence-corrected chi connectivity index (χ3v) is 4.24. The summed E-state index contributed by atoms with van der Waals surface area (Å²) in [7, 11) is 1.85. The number of hydrogen-bond donors (Lipinski definition) is 1. The van der Waals surface area contributed by atoms with E-state index in [4.69, 9.17) is 0 Å². The van der Waals surface area contributed by atoms with Crippen molar-refractivity contribution in [3.05, 3.63) is 58.3 Å². The van der Waals surface area contributed by atoms with Crippen LogP contribution in [0.2, 0.25) is 0 Å². The molecule has 0 spiro atoms. The number of likely N-dealkylation sites (N-methyl/N-ethyl adjacent to an activating group) is 1. The third-order valence-electron chi connectivity index (χ3n) is 3.34. The first-order valence-electron chi connectivity index (χ1n) is 6.74. The lowest BCUT2D eigenvalue weighted by Crippen LogP contribution is -2.42. The number of benzene rings is 1. The van der Waals surface area contributed by atoms with E-state index in [-0.39, 0.29) is 12.1 Å². The highest BCUT2D eigenvalue weighted by atomic mass is 32.1. The van der Waals surface area contributed by atoms with E-state index in [1.54, 1.807) is 16.2 Å². The molecule has 0 aliphatic heterocycles. The minimum Gasteiger partial charge on any atom is -0.334 e. The van der Waals surface area contributed by atoms with E-state index in [2.05, 4.69) is 23.7 Å². The zero-order chi connectivity index (χ0) is 14.4. The number of rotatable bonds is 5. The van der Waals surface area contributed by atoms with Crippen molar-refractivity contribution in [3.8, 4) is 0 Å². The fourth-order valence-electron chi connectivity index (χ4n) is 1.96. The highest BCUT2D eigenvalue weighted by Crippen LogP contribution is 2.13. The van der Waals surface area contributed by atoms with Crippen LogP contribution in [0.5, 0.6) is 0 Å². The first kappa shape index (κ1) is 14.6. The summed E-state index contributed by atoms with van der Waals surface area (Å²) in [6.07, 6.45) is 0.896. The van der Waals surface area contributed by atoms with Crippen LogP contribution in [0.15, 0.2) is 47.8 Å². The molecule has 106 valence electrons. The molecular weight excluding hydrogens is 268 g/mol. The number of thiophene rings is 1. The van der Waals surface area contributed by atoms with Gasteiger partial charge in [0.1, 0.15) is 0 Å². The summed E-state index contributed by atoms with van der Waals surface area (Å²) in [5.74, 6) is 0. The lowest BCUT2D eigenvalue weighted by molar-refractivity contribution is 0.193. The normalized spacial score (nSPS) is 11.9. The minimum absolute atomic E-state index is 0.0297. The predicted molar refractivity (Wildman–Crippen MR) is 83.9 cm³/mol. The van der Waals surface area contributed by atoms with Crippen molar-refractivity contribution in [2.24, 2.45) is 0 Å². The molecular formula is C16H20N2OS. The van der Waals surface area contributed by atoms with Crippen LogP contribution in [-0.2, 0) is 13.0 Å². The van der Waals surface area contributed by atoms with E-state index >= 15 is 0 Å². The summed E-state index contributed by atoms with van der Waals surface area (Å²) >= 11 is 1.73. The van der Waals surface area contributed by atoms with Crippen molar-refractivity contribution < 1.29 is 4.79 Å². The molecule has 1 aromatic heterocycles. The first-order chi connectivity index (χ1) is 9.66. The molecule has 0 aliphatic rings. The van der Waals surface area contributed by atoms with Gasteiger partial charge in [-0.05, 0) is 23.9 Å². The second-order valence-corrected chi connectivity index (χ2v) is 5.92. The summed E-state index contributed by atoms with van der Waals surface area (Å²) < 4.78 is 0. The highest BCUT2D eigenvalue weighted by molar-refractivity contribution is 7.09. The molecule has 4 heteroatoms. The quantitative estimate of drug-likeness (QED) is 0.897. The van der Waals surface area contributed by atoms with E-state index in [1.807, 2.05) is 43.4 Å². The van der Waals surface area contributed by atoms with Gasteiger partial charge in [0.25, 0.3) is 0 Å². The maximum absolute atomic E-state index is 12.1. The van der Waals surface area contributed by atoms with Gasteiger partial charge in [0.05, 0.1) is 0 Å². The second kappa shape index (κ2) is 7.10. The van der Waals surface area contributed by atoms with Gasteiger partial charge in [0, 0.05) is 30.9 Å². The molecule has 2 rings (SSSR count). The number of carbonyl (C=O) groups is 1. The van der Waals surface area contributed by atoms with Gasteiger partial charge in [0.2, 0.25) is 0 Å². The SMILES string of the molecule is CC(Cc1cccs1)N(C)C(=O)NCc1ccccc1. The molecule has 20 heavy (non-hydrogen) atoms. The molecule has 1 heterocycles. The number of carbonyl (C=O) groups excluding carboxylic acids is 1. The Morgan fingerprint density at radius 1 is 1.25 bits per heavy atom. The standard InChI is InChI=1S/C16H20N2OS/c1-13(11-15-9-6-10-20-15)18(2)16(19)17-12-14-7-4-3-5-8-14/h3-10,13H,11-12H2,1-2H3,(H,17,19). The lowest BCUT2D eigenvalue weighted by atomic mass is 10.2. The largest absolute Gasteiger partial charge is 0.334 e. The van der Waals surface area contributed by atoms with Gasteiger partial charge in [-0.15, -0.1) is 11.3 Å². The van der Waals surface area contributed by atoms with Crippen LogP contribution in [-0.4, -0.2) is 24.0 Å². The van der Waals surface area contributed by atoms with Gasteiger partial charge in [0.15, 0.2) is 0 Å². The number of urea groups is 1. The number of amides is 2. The average molecular weight is 288 g/mol. The topological polar surface area (TPSA) is 32.3 Å². The fraction of sp³-hybridized carbons (Fsp3) is 0.312. The van der Waals surface area contributed by atoms with Gasteiger partial charge in [-0.1, -0.05) is 36.4 Å². The second-order valence-electron chi connectivity index (χ2n) is 4.89. The van der Waals surface area contributed by atoms with Crippen molar-refractivity contribution >= 4 is 17.4 Å². The molecule has 1 N–H and O–H groups in total. The molecule has 0 aliphatic carbocycles. The summed E-state index contributed by atoms with van der Waals surface area (Å²) in [5, 5.41) is 5.02. The lowest BCUT2D eigenvalue weighted by Gasteiger charge is -2.25. The Kier molecular flexibility index (Phi) is 5.18. The van der Waals surface area contributed by atoms with Crippen LogP contribution in [0, 0.1) is 0 Å². The molecule has 2 amide bonds. The van der Waals surface area contributed by atoms with Gasteiger partial charge in [-0.2, -0.15) is 0 Å². The van der Waals surface area contributed by atoms with Gasteiger partial charge < -0.3 is 10.2 Å². The Morgan fingerprint density at radius 3 is 2.65 bits per heavy atom. The van der Waals surface area contributed by atoms with Gasteiger partial charge in [-0.25, -0.2) is 4.79 Å². The molecule has 1 unspecified atom stereocenters. The summed E-state index contributed by atoms with van der Waals surface area (Å²) in [6, 6.07) is 14.3. The first-order valence-corrected chi connectivity index (χ1v) is 7.61. The van der Waals surface area contributed by atoms with Crippen molar-refractivity contribution in [2.75, 3.05) is 7.05 Å². The molecule has 0 fully saturated rings. The monoisotopic (exact) mass is 288 g/mol. The maximum atomic E-state index is 12.1.